The topological polar surface area (TPSA) is 54.7 Å². The maximum Gasteiger partial charge on any atom is 0.132 e. The van der Waals surface area contributed by atoms with E-state index in [2.05, 4.69) is 10.2 Å². The summed E-state index contributed by atoms with van der Waals surface area (Å²) in [4.78, 5) is 0. The van der Waals surface area contributed by atoms with Gasteiger partial charge in [-0.25, -0.2) is 4.39 Å². The van der Waals surface area contributed by atoms with E-state index in [1.54, 1.807) is 18.2 Å². The average molecular weight is 177 g/mol. The standard InChI is InChI=1S/C9H8FN3/c10-7-4-2-1-3-6(7)9-8(11)5-12-13-9/h1-5H,11H2,(H,12,13). The molecule has 0 bridgehead atoms. The highest BCUT2D eigenvalue weighted by molar-refractivity contribution is 5.71. The molecular weight excluding hydrogens is 169 g/mol. The fourth-order valence-corrected chi connectivity index (χ4v) is 1.18. The van der Waals surface area contributed by atoms with Crippen molar-refractivity contribution in [3.05, 3.63) is 36.3 Å². The van der Waals surface area contributed by atoms with E-state index < -0.39 is 0 Å². The highest BCUT2D eigenvalue weighted by atomic mass is 19.1. The van der Waals surface area contributed by atoms with Gasteiger partial charge in [-0.15, -0.1) is 0 Å². The van der Waals surface area contributed by atoms with Crippen molar-refractivity contribution in [1.82, 2.24) is 10.2 Å². The van der Waals surface area contributed by atoms with Gasteiger partial charge in [0.25, 0.3) is 0 Å². The molecule has 0 spiro atoms. The van der Waals surface area contributed by atoms with Crippen molar-refractivity contribution in [3.63, 3.8) is 0 Å². The SMILES string of the molecule is Nc1cn[nH]c1-c1ccccc1F. The number of anilines is 1. The average Bonchev–Trinajstić information content (AvgIpc) is 2.52. The van der Waals surface area contributed by atoms with Gasteiger partial charge < -0.3 is 5.73 Å². The molecule has 4 heteroatoms. The van der Waals surface area contributed by atoms with Gasteiger partial charge in [-0.1, -0.05) is 12.1 Å². The molecule has 0 aliphatic rings. The van der Waals surface area contributed by atoms with E-state index in [0.717, 1.165) is 0 Å². The zero-order valence-electron chi connectivity index (χ0n) is 6.79. The Bertz CT molecular complexity index is 422. The van der Waals surface area contributed by atoms with Crippen LogP contribution in [-0.2, 0) is 0 Å². The molecule has 0 aliphatic carbocycles. The number of aromatic amines is 1. The Labute approximate surface area is 74.4 Å². The smallest absolute Gasteiger partial charge is 0.132 e. The summed E-state index contributed by atoms with van der Waals surface area (Å²) >= 11 is 0. The predicted octanol–water partition coefficient (Wildman–Crippen LogP) is 1.80. The van der Waals surface area contributed by atoms with Crippen LogP contribution in [-0.4, -0.2) is 10.2 Å². The van der Waals surface area contributed by atoms with Gasteiger partial charge in [-0.2, -0.15) is 5.10 Å². The molecule has 2 rings (SSSR count). The zero-order valence-corrected chi connectivity index (χ0v) is 6.79. The normalized spacial score (nSPS) is 10.2. The summed E-state index contributed by atoms with van der Waals surface area (Å²) in [6.07, 6.45) is 1.46. The number of nitrogens with two attached hydrogens (primary N) is 1. The Morgan fingerprint density at radius 1 is 1.31 bits per heavy atom. The Kier molecular flexibility index (Phi) is 1.73. The summed E-state index contributed by atoms with van der Waals surface area (Å²) in [6.45, 7) is 0. The van der Waals surface area contributed by atoms with Gasteiger partial charge in [0.05, 0.1) is 17.6 Å². The van der Waals surface area contributed by atoms with Crippen molar-refractivity contribution in [3.8, 4) is 11.3 Å². The third kappa shape index (κ3) is 1.26. The van der Waals surface area contributed by atoms with Crippen LogP contribution < -0.4 is 5.73 Å². The molecule has 3 N–H and O–H groups in total. The van der Waals surface area contributed by atoms with Crippen molar-refractivity contribution in [2.75, 3.05) is 5.73 Å². The molecule has 0 atom stereocenters. The van der Waals surface area contributed by atoms with Crippen molar-refractivity contribution in [2.45, 2.75) is 0 Å². The molecule has 1 aromatic heterocycles. The van der Waals surface area contributed by atoms with Crippen LogP contribution >= 0.6 is 0 Å². The third-order valence-corrected chi connectivity index (χ3v) is 1.81. The van der Waals surface area contributed by atoms with Crippen molar-refractivity contribution >= 4 is 5.69 Å². The van der Waals surface area contributed by atoms with E-state index in [1.165, 1.54) is 12.3 Å². The zero-order chi connectivity index (χ0) is 9.26. The molecule has 1 aromatic carbocycles. The number of aromatic nitrogens is 2. The highest BCUT2D eigenvalue weighted by Crippen LogP contribution is 2.24. The van der Waals surface area contributed by atoms with Crippen molar-refractivity contribution < 1.29 is 4.39 Å². The van der Waals surface area contributed by atoms with E-state index >= 15 is 0 Å². The minimum Gasteiger partial charge on any atom is -0.396 e. The number of benzene rings is 1. The van der Waals surface area contributed by atoms with Gasteiger partial charge >= 0.3 is 0 Å². The molecule has 0 radical (unpaired) electrons. The van der Waals surface area contributed by atoms with E-state index in [-0.39, 0.29) is 5.82 Å². The van der Waals surface area contributed by atoms with E-state index in [4.69, 9.17) is 5.73 Å². The lowest BCUT2D eigenvalue weighted by Gasteiger charge is -1.99. The van der Waals surface area contributed by atoms with Crippen LogP contribution in [0.4, 0.5) is 10.1 Å². The number of H-pyrrole nitrogens is 1. The number of halogens is 1. The second-order valence-corrected chi connectivity index (χ2v) is 2.68. The largest absolute Gasteiger partial charge is 0.396 e. The monoisotopic (exact) mass is 177 g/mol. The van der Waals surface area contributed by atoms with E-state index in [9.17, 15) is 4.39 Å². The van der Waals surface area contributed by atoms with Gasteiger partial charge in [0.1, 0.15) is 5.82 Å². The minimum absolute atomic E-state index is 0.307. The van der Waals surface area contributed by atoms with Crippen LogP contribution in [0.15, 0.2) is 30.5 Å². The first kappa shape index (κ1) is 7.79. The molecule has 0 saturated carbocycles. The van der Waals surface area contributed by atoms with Gasteiger partial charge in [0.2, 0.25) is 0 Å². The van der Waals surface area contributed by atoms with Crippen LogP contribution in [0, 0.1) is 5.82 Å². The molecule has 0 aliphatic heterocycles. The molecule has 0 saturated heterocycles. The van der Waals surface area contributed by atoms with Crippen LogP contribution in [0.2, 0.25) is 0 Å². The van der Waals surface area contributed by atoms with Gasteiger partial charge in [0, 0.05) is 5.56 Å². The van der Waals surface area contributed by atoms with E-state index in [1.807, 2.05) is 0 Å². The second-order valence-electron chi connectivity index (χ2n) is 2.68. The number of nitrogens with one attached hydrogen (secondary N) is 1. The third-order valence-electron chi connectivity index (χ3n) is 1.81. The first-order valence-corrected chi connectivity index (χ1v) is 3.83. The Hall–Kier alpha value is -1.84. The molecule has 3 nitrogen and oxygen atoms in total. The summed E-state index contributed by atoms with van der Waals surface area (Å²) in [5.41, 5.74) is 7.00. The number of nitrogen functional groups attached to an aromatic ring is 1. The molecule has 0 fully saturated rings. The van der Waals surface area contributed by atoms with Crippen LogP contribution in [0.1, 0.15) is 0 Å². The summed E-state index contributed by atoms with van der Waals surface area (Å²) in [7, 11) is 0. The summed E-state index contributed by atoms with van der Waals surface area (Å²) < 4.78 is 13.2. The van der Waals surface area contributed by atoms with E-state index in [0.29, 0.717) is 16.9 Å². The maximum absolute atomic E-state index is 13.2. The Morgan fingerprint density at radius 2 is 2.08 bits per heavy atom. The lowest BCUT2D eigenvalue weighted by molar-refractivity contribution is 0.630. The van der Waals surface area contributed by atoms with Gasteiger partial charge in [0.15, 0.2) is 0 Å². The molecule has 1 heterocycles. The molecule has 2 aromatic rings. The molecule has 13 heavy (non-hydrogen) atoms. The predicted molar refractivity (Wildman–Crippen MR) is 48.4 cm³/mol. The van der Waals surface area contributed by atoms with Crippen LogP contribution in [0.5, 0.6) is 0 Å². The number of hydrogen-bond acceptors (Lipinski definition) is 2. The summed E-state index contributed by atoms with van der Waals surface area (Å²) in [5, 5.41) is 6.37. The Balaban J connectivity index is 2.59. The highest BCUT2D eigenvalue weighted by Gasteiger charge is 2.08. The minimum atomic E-state index is -0.307. The number of nitrogens with zero attached hydrogens (tertiary/aromatic N) is 1. The molecular formula is C9H8FN3. The van der Waals surface area contributed by atoms with Crippen LogP contribution in [0.3, 0.4) is 0 Å². The quantitative estimate of drug-likeness (QED) is 0.697. The number of rotatable bonds is 1. The first-order valence-electron chi connectivity index (χ1n) is 3.83. The fraction of sp³-hybridized carbons (Fsp3) is 0. The van der Waals surface area contributed by atoms with Crippen LogP contribution in [0.25, 0.3) is 11.3 Å². The molecule has 66 valence electrons. The van der Waals surface area contributed by atoms with Gasteiger partial charge in [-0.05, 0) is 12.1 Å². The first-order chi connectivity index (χ1) is 6.29. The number of hydrogen-bond donors (Lipinski definition) is 2. The Morgan fingerprint density at radius 3 is 2.69 bits per heavy atom. The molecule has 0 amide bonds. The lowest BCUT2D eigenvalue weighted by atomic mass is 10.1. The van der Waals surface area contributed by atoms with Crippen molar-refractivity contribution in [2.24, 2.45) is 0 Å². The lowest BCUT2D eigenvalue weighted by Crippen LogP contribution is -1.89. The molecule has 0 unspecified atom stereocenters. The second kappa shape index (κ2) is 2.90. The maximum atomic E-state index is 13.2. The summed E-state index contributed by atoms with van der Waals surface area (Å²) in [5.74, 6) is -0.307. The summed E-state index contributed by atoms with van der Waals surface area (Å²) in [6, 6.07) is 6.42. The van der Waals surface area contributed by atoms with Crippen molar-refractivity contribution in [1.29, 1.82) is 0 Å². The fourth-order valence-electron chi connectivity index (χ4n) is 1.18. The van der Waals surface area contributed by atoms with Gasteiger partial charge in [-0.3, -0.25) is 5.10 Å².